The van der Waals surface area contributed by atoms with Gasteiger partial charge in [0.05, 0.1) is 27.3 Å². The molecule has 170 valence electrons. The minimum atomic E-state index is 1.26. The van der Waals surface area contributed by atoms with E-state index in [0.717, 1.165) is 0 Å². The Bertz CT molecular complexity index is 2160. The summed E-state index contributed by atoms with van der Waals surface area (Å²) in [6, 6.07) is 33.4. The Hall–Kier alpha value is -4.43. The first-order valence-corrected chi connectivity index (χ1v) is 12.6. The third-order valence-corrected chi connectivity index (χ3v) is 8.30. The lowest BCUT2D eigenvalue weighted by Gasteiger charge is -2.17. The summed E-state index contributed by atoms with van der Waals surface area (Å²) in [4.78, 5) is 0. The first kappa shape index (κ1) is 19.8. The maximum atomic E-state index is 2.57. The fourth-order valence-electron chi connectivity index (χ4n) is 6.73. The molecule has 0 bridgehead atoms. The maximum Gasteiger partial charge on any atom is 0.224 e. The number of fused-ring (bicyclic) bond motifs is 7. The van der Waals surface area contributed by atoms with E-state index in [1.807, 2.05) is 0 Å². The summed E-state index contributed by atoms with van der Waals surface area (Å²) < 4.78 is 4.89. The fourth-order valence-corrected chi connectivity index (χ4v) is 6.73. The third-order valence-electron chi connectivity index (χ3n) is 8.30. The largest absolute Gasteiger partial charge is 0.307 e. The molecule has 0 amide bonds. The first-order chi connectivity index (χ1) is 17.6. The number of nitrogens with zero attached hydrogens (tertiary/aromatic N) is 2. The highest BCUT2D eigenvalue weighted by atomic mass is 15.0. The number of pyridine rings is 2. The van der Waals surface area contributed by atoms with E-state index < -0.39 is 0 Å². The van der Waals surface area contributed by atoms with Crippen LogP contribution in [0.4, 0.5) is 0 Å². The van der Waals surface area contributed by atoms with Crippen LogP contribution in [0.3, 0.4) is 0 Å². The van der Waals surface area contributed by atoms with Crippen LogP contribution in [0.25, 0.3) is 70.9 Å². The maximum absolute atomic E-state index is 2.57. The Balaban J connectivity index is 1.78. The van der Waals surface area contributed by atoms with Crippen molar-refractivity contribution in [2.75, 3.05) is 0 Å². The van der Waals surface area contributed by atoms with Crippen LogP contribution >= 0.6 is 0 Å². The van der Waals surface area contributed by atoms with Crippen molar-refractivity contribution in [3.8, 4) is 11.1 Å². The number of aromatic nitrogens is 2. The molecule has 3 aromatic heterocycles. The van der Waals surface area contributed by atoms with Crippen molar-refractivity contribution in [1.82, 2.24) is 4.40 Å². The molecular weight excluding hydrogens is 436 g/mol. The second-order valence-corrected chi connectivity index (χ2v) is 10.1. The highest BCUT2D eigenvalue weighted by Crippen LogP contribution is 2.45. The zero-order valence-corrected chi connectivity index (χ0v) is 20.6. The van der Waals surface area contributed by atoms with Crippen molar-refractivity contribution in [2.24, 2.45) is 7.05 Å². The molecule has 3 heterocycles. The summed E-state index contributed by atoms with van der Waals surface area (Å²) in [6.07, 6.45) is 2.21. The predicted molar refractivity (Wildman–Crippen MR) is 152 cm³/mol. The van der Waals surface area contributed by atoms with Gasteiger partial charge in [0.25, 0.3) is 0 Å². The minimum Gasteiger partial charge on any atom is -0.307 e. The lowest BCUT2D eigenvalue weighted by atomic mass is 9.92. The molecule has 0 spiro atoms. The van der Waals surface area contributed by atoms with Gasteiger partial charge in [-0.25, -0.2) is 4.57 Å². The fraction of sp³-hybridized carbons (Fsp3) is 0.0882. The lowest BCUT2D eigenvalue weighted by Crippen LogP contribution is -2.29. The highest BCUT2D eigenvalue weighted by molar-refractivity contribution is 6.30. The SMILES string of the molecule is Cc1c2ccccc2c(C)c2c1c1c3c(ccc4c5c(-c6ccccc6)cccc5n2c43)cc[n+]1C. The summed E-state index contributed by atoms with van der Waals surface area (Å²) in [5.41, 5.74) is 10.5. The summed E-state index contributed by atoms with van der Waals surface area (Å²) in [5, 5.41) is 9.30. The average Bonchev–Trinajstić information content (AvgIpc) is 3.27. The molecule has 0 radical (unpaired) electrons. The van der Waals surface area contributed by atoms with E-state index >= 15 is 0 Å². The molecular formula is C34H25N2+. The van der Waals surface area contributed by atoms with Crippen LogP contribution in [-0.2, 0) is 7.05 Å². The van der Waals surface area contributed by atoms with Gasteiger partial charge in [-0.2, -0.15) is 0 Å². The quantitative estimate of drug-likeness (QED) is 0.132. The Morgan fingerprint density at radius 2 is 1.33 bits per heavy atom. The van der Waals surface area contributed by atoms with Gasteiger partial charge in [0.15, 0.2) is 6.20 Å². The number of aryl methyl sites for hydroxylation is 3. The van der Waals surface area contributed by atoms with Crippen molar-refractivity contribution < 1.29 is 4.57 Å². The zero-order valence-electron chi connectivity index (χ0n) is 20.6. The smallest absolute Gasteiger partial charge is 0.224 e. The Morgan fingerprint density at radius 3 is 2.14 bits per heavy atom. The molecule has 5 aromatic carbocycles. The van der Waals surface area contributed by atoms with Crippen molar-refractivity contribution in [3.63, 3.8) is 0 Å². The van der Waals surface area contributed by atoms with Gasteiger partial charge in [0.2, 0.25) is 5.52 Å². The van der Waals surface area contributed by atoms with E-state index in [4.69, 9.17) is 0 Å². The van der Waals surface area contributed by atoms with Gasteiger partial charge in [0.1, 0.15) is 7.05 Å². The van der Waals surface area contributed by atoms with Gasteiger partial charge in [0, 0.05) is 16.8 Å². The zero-order chi connectivity index (χ0) is 24.1. The van der Waals surface area contributed by atoms with E-state index in [0.29, 0.717) is 0 Å². The van der Waals surface area contributed by atoms with Crippen LogP contribution in [0.15, 0.2) is 97.2 Å². The van der Waals surface area contributed by atoms with Crippen LogP contribution in [0, 0.1) is 13.8 Å². The van der Waals surface area contributed by atoms with Crippen LogP contribution < -0.4 is 4.57 Å². The van der Waals surface area contributed by atoms with Gasteiger partial charge in [-0.1, -0.05) is 78.9 Å². The topological polar surface area (TPSA) is 8.29 Å². The normalized spacial score (nSPS) is 12.3. The molecule has 0 unspecified atom stereocenters. The van der Waals surface area contributed by atoms with Gasteiger partial charge in [-0.05, 0) is 58.3 Å². The highest BCUT2D eigenvalue weighted by Gasteiger charge is 2.26. The molecule has 0 saturated carbocycles. The van der Waals surface area contributed by atoms with E-state index in [9.17, 15) is 0 Å². The van der Waals surface area contributed by atoms with Crippen molar-refractivity contribution in [2.45, 2.75) is 13.8 Å². The summed E-state index contributed by atoms with van der Waals surface area (Å²) in [7, 11) is 2.19. The minimum absolute atomic E-state index is 1.26. The molecule has 0 fully saturated rings. The molecule has 2 heteroatoms. The summed E-state index contributed by atoms with van der Waals surface area (Å²) >= 11 is 0. The molecule has 36 heavy (non-hydrogen) atoms. The first-order valence-electron chi connectivity index (χ1n) is 12.6. The van der Waals surface area contributed by atoms with Crippen LogP contribution in [0.5, 0.6) is 0 Å². The van der Waals surface area contributed by atoms with E-state index in [1.165, 1.54) is 82.0 Å². The second kappa shape index (κ2) is 6.83. The molecule has 0 aliphatic heterocycles. The van der Waals surface area contributed by atoms with Gasteiger partial charge in [-0.15, -0.1) is 0 Å². The van der Waals surface area contributed by atoms with Crippen molar-refractivity contribution in [3.05, 3.63) is 108 Å². The Kier molecular flexibility index (Phi) is 3.76. The number of hydrogen-bond donors (Lipinski definition) is 0. The molecule has 0 saturated heterocycles. The monoisotopic (exact) mass is 461 g/mol. The van der Waals surface area contributed by atoms with Crippen LogP contribution in [0.2, 0.25) is 0 Å². The molecule has 0 aliphatic carbocycles. The Labute approximate surface area is 209 Å². The molecule has 8 aromatic rings. The van der Waals surface area contributed by atoms with Crippen LogP contribution in [-0.4, -0.2) is 4.40 Å². The Morgan fingerprint density at radius 1 is 0.583 bits per heavy atom. The van der Waals surface area contributed by atoms with Crippen molar-refractivity contribution in [1.29, 1.82) is 0 Å². The molecule has 0 aliphatic rings. The lowest BCUT2D eigenvalue weighted by molar-refractivity contribution is -0.643. The third kappa shape index (κ3) is 2.29. The van der Waals surface area contributed by atoms with Crippen molar-refractivity contribution >= 4 is 59.8 Å². The average molecular weight is 462 g/mol. The van der Waals surface area contributed by atoms with E-state index in [2.05, 4.69) is 127 Å². The standard InChI is InChI=1S/C34H25N2/c1-20-24-12-7-8-13-25(24)21(2)32-29(20)34-30-23(18-19-35(34)3)16-17-27-31-26(22-10-5-4-6-11-22)14-9-15-28(31)36(32)33(27)30/h4-19H,1-3H3/q+1. The molecule has 8 rings (SSSR count). The molecule has 2 nitrogen and oxygen atoms in total. The molecule has 0 N–H and O–H groups in total. The second-order valence-electron chi connectivity index (χ2n) is 10.1. The molecule has 0 atom stereocenters. The summed E-state index contributed by atoms with van der Waals surface area (Å²) in [6.45, 7) is 4.60. The van der Waals surface area contributed by atoms with Gasteiger partial charge in [-0.3, -0.25) is 0 Å². The van der Waals surface area contributed by atoms with E-state index in [1.54, 1.807) is 0 Å². The van der Waals surface area contributed by atoms with E-state index in [-0.39, 0.29) is 0 Å². The van der Waals surface area contributed by atoms with Crippen LogP contribution in [0.1, 0.15) is 11.1 Å². The summed E-state index contributed by atoms with van der Waals surface area (Å²) in [5.74, 6) is 0. The number of benzene rings is 5. The number of hydrogen-bond acceptors (Lipinski definition) is 0. The number of rotatable bonds is 1. The van der Waals surface area contributed by atoms with Gasteiger partial charge < -0.3 is 4.40 Å². The van der Waals surface area contributed by atoms with Gasteiger partial charge >= 0.3 is 0 Å². The predicted octanol–water partition coefficient (Wildman–Crippen LogP) is 8.25.